The summed E-state index contributed by atoms with van der Waals surface area (Å²) in [6, 6.07) is 12.0. The first-order valence-corrected chi connectivity index (χ1v) is 9.79. The maximum atomic E-state index is 12.7. The summed E-state index contributed by atoms with van der Waals surface area (Å²) in [6.45, 7) is 6.24. The van der Waals surface area contributed by atoms with Crippen molar-refractivity contribution < 1.29 is 4.42 Å². The van der Waals surface area contributed by atoms with E-state index in [-0.39, 0.29) is 17.6 Å². The van der Waals surface area contributed by atoms with Crippen LogP contribution in [0.2, 0.25) is 0 Å². The second kappa shape index (κ2) is 7.13. The van der Waals surface area contributed by atoms with Gasteiger partial charge in [0.1, 0.15) is 16.4 Å². The zero-order valence-electron chi connectivity index (χ0n) is 15.4. The van der Waals surface area contributed by atoms with Crippen molar-refractivity contribution in [3.63, 3.8) is 0 Å². The number of hydrogen-bond donors (Lipinski definition) is 2. The molecule has 0 aliphatic rings. The van der Waals surface area contributed by atoms with Crippen molar-refractivity contribution in [3.8, 4) is 11.3 Å². The molecule has 0 fully saturated rings. The van der Waals surface area contributed by atoms with Crippen LogP contribution in [0.3, 0.4) is 0 Å². The molecule has 4 aromatic rings. The van der Waals surface area contributed by atoms with Crippen molar-refractivity contribution in [2.75, 3.05) is 0 Å². The summed E-state index contributed by atoms with van der Waals surface area (Å²) in [5.41, 5.74) is 3.13. The fourth-order valence-electron chi connectivity index (χ4n) is 3.40. The minimum absolute atomic E-state index is 0.0918. The lowest BCUT2D eigenvalue weighted by molar-refractivity contribution is 0.475. The van der Waals surface area contributed by atoms with Gasteiger partial charge in [-0.1, -0.05) is 24.3 Å². The summed E-state index contributed by atoms with van der Waals surface area (Å²) in [4.78, 5) is 21.1. The Morgan fingerprint density at radius 1 is 1.15 bits per heavy atom. The number of aromatic amines is 1. The Labute approximate surface area is 161 Å². The number of aromatic nitrogens is 2. The van der Waals surface area contributed by atoms with Gasteiger partial charge >= 0.3 is 0 Å². The van der Waals surface area contributed by atoms with Crippen LogP contribution in [-0.2, 0) is 0 Å². The van der Waals surface area contributed by atoms with Gasteiger partial charge in [0.25, 0.3) is 5.56 Å². The van der Waals surface area contributed by atoms with Gasteiger partial charge in [0.2, 0.25) is 0 Å². The molecule has 3 aromatic heterocycles. The van der Waals surface area contributed by atoms with Gasteiger partial charge in [-0.3, -0.25) is 4.79 Å². The summed E-state index contributed by atoms with van der Waals surface area (Å²) in [5.74, 6) is 1.32. The van der Waals surface area contributed by atoms with E-state index >= 15 is 0 Å². The Morgan fingerprint density at radius 2 is 1.96 bits per heavy atom. The number of nitrogens with zero attached hydrogens (tertiary/aromatic N) is 1. The number of rotatable bonds is 5. The molecule has 5 nitrogen and oxygen atoms in total. The minimum atomic E-state index is -0.139. The maximum Gasteiger partial charge on any atom is 0.260 e. The molecular formula is C21H21N3O2S. The quantitative estimate of drug-likeness (QED) is 0.514. The molecule has 2 atom stereocenters. The van der Waals surface area contributed by atoms with E-state index in [0.717, 1.165) is 10.4 Å². The van der Waals surface area contributed by atoms with Crippen LogP contribution in [0.25, 0.3) is 21.5 Å². The molecule has 4 rings (SSSR count). The van der Waals surface area contributed by atoms with E-state index < -0.39 is 0 Å². The molecule has 0 saturated heterocycles. The fourth-order valence-corrected chi connectivity index (χ4v) is 4.34. The standard InChI is InChI=1S/C21H21N3O2S/c1-12-7-4-5-8-15(12)13(2)22-14(3)19-23-20(25)18-16(11-27-21(18)24-19)17-9-6-10-26-17/h4-11,13-14,22H,1-3H3,(H,23,24,25)/t13-,14-/m0/s1. The van der Waals surface area contributed by atoms with E-state index in [1.165, 1.54) is 22.5 Å². The number of benzene rings is 1. The molecule has 0 radical (unpaired) electrons. The molecule has 0 aliphatic carbocycles. The predicted molar refractivity (Wildman–Crippen MR) is 109 cm³/mol. The van der Waals surface area contributed by atoms with E-state index in [4.69, 9.17) is 9.40 Å². The minimum Gasteiger partial charge on any atom is -0.464 e. The monoisotopic (exact) mass is 379 g/mol. The molecule has 0 aliphatic heterocycles. The lowest BCUT2D eigenvalue weighted by Gasteiger charge is -2.21. The largest absolute Gasteiger partial charge is 0.464 e. The van der Waals surface area contributed by atoms with Crippen molar-refractivity contribution in [1.29, 1.82) is 0 Å². The summed E-state index contributed by atoms with van der Waals surface area (Å²) in [5, 5.41) is 6.03. The zero-order valence-corrected chi connectivity index (χ0v) is 16.3. The number of thiophene rings is 1. The van der Waals surface area contributed by atoms with Gasteiger partial charge in [-0.15, -0.1) is 11.3 Å². The molecule has 2 N–H and O–H groups in total. The predicted octanol–water partition coefficient (Wildman–Crippen LogP) is 4.96. The Balaban J connectivity index is 1.64. The molecule has 0 unspecified atom stereocenters. The Bertz CT molecular complexity index is 1130. The van der Waals surface area contributed by atoms with Crippen LogP contribution in [0.1, 0.15) is 42.9 Å². The number of fused-ring (bicyclic) bond motifs is 1. The van der Waals surface area contributed by atoms with Crippen molar-refractivity contribution in [3.05, 3.63) is 75.3 Å². The molecule has 0 spiro atoms. The topological polar surface area (TPSA) is 70.9 Å². The molecule has 1 aromatic carbocycles. The van der Waals surface area contributed by atoms with Crippen LogP contribution in [-0.4, -0.2) is 9.97 Å². The summed E-state index contributed by atoms with van der Waals surface area (Å²) < 4.78 is 5.45. The van der Waals surface area contributed by atoms with Crippen molar-refractivity contribution in [1.82, 2.24) is 15.3 Å². The summed E-state index contributed by atoms with van der Waals surface area (Å²) in [7, 11) is 0. The van der Waals surface area contributed by atoms with Crippen LogP contribution in [0.4, 0.5) is 0 Å². The van der Waals surface area contributed by atoms with Gasteiger partial charge in [-0.05, 0) is 44.0 Å². The molecular weight excluding hydrogens is 358 g/mol. The van der Waals surface area contributed by atoms with E-state index in [0.29, 0.717) is 17.0 Å². The van der Waals surface area contributed by atoms with Crippen LogP contribution in [0, 0.1) is 6.92 Å². The Kier molecular flexibility index (Phi) is 4.68. The van der Waals surface area contributed by atoms with E-state index in [9.17, 15) is 4.79 Å². The Hall–Kier alpha value is -2.70. The van der Waals surface area contributed by atoms with E-state index in [1.54, 1.807) is 6.26 Å². The smallest absolute Gasteiger partial charge is 0.260 e. The van der Waals surface area contributed by atoms with Gasteiger partial charge in [0.05, 0.1) is 17.7 Å². The second-order valence-corrected chi connectivity index (χ2v) is 7.58. The normalized spacial score (nSPS) is 13.7. The molecule has 138 valence electrons. The van der Waals surface area contributed by atoms with Crippen molar-refractivity contribution in [2.24, 2.45) is 0 Å². The van der Waals surface area contributed by atoms with Gasteiger partial charge in [-0.2, -0.15) is 0 Å². The lowest BCUT2D eigenvalue weighted by Crippen LogP contribution is -2.26. The lowest BCUT2D eigenvalue weighted by atomic mass is 10.0. The van der Waals surface area contributed by atoms with E-state index in [2.05, 4.69) is 36.3 Å². The summed E-state index contributed by atoms with van der Waals surface area (Å²) in [6.07, 6.45) is 1.60. The first-order valence-electron chi connectivity index (χ1n) is 8.91. The van der Waals surface area contributed by atoms with Gasteiger partial charge in [-0.25, -0.2) is 4.98 Å². The zero-order chi connectivity index (χ0) is 19.0. The van der Waals surface area contributed by atoms with Crippen molar-refractivity contribution >= 4 is 21.6 Å². The molecule has 3 heterocycles. The highest BCUT2D eigenvalue weighted by Crippen LogP contribution is 2.31. The highest BCUT2D eigenvalue weighted by atomic mass is 32.1. The number of hydrogen-bond acceptors (Lipinski definition) is 5. The SMILES string of the molecule is Cc1ccccc1[C@H](C)N[C@@H](C)c1nc2scc(-c3ccco3)c2c(=O)[nH]1. The average Bonchev–Trinajstić information content (AvgIpc) is 3.31. The highest BCUT2D eigenvalue weighted by Gasteiger charge is 2.18. The van der Waals surface area contributed by atoms with Gasteiger partial charge in [0.15, 0.2) is 0 Å². The van der Waals surface area contributed by atoms with Crippen LogP contribution >= 0.6 is 11.3 Å². The van der Waals surface area contributed by atoms with Gasteiger partial charge in [0, 0.05) is 17.0 Å². The van der Waals surface area contributed by atoms with Gasteiger partial charge < -0.3 is 14.7 Å². The van der Waals surface area contributed by atoms with E-state index in [1.807, 2.05) is 36.6 Å². The first-order chi connectivity index (χ1) is 13.0. The highest BCUT2D eigenvalue weighted by molar-refractivity contribution is 7.17. The van der Waals surface area contributed by atoms with Crippen molar-refractivity contribution in [2.45, 2.75) is 32.9 Å². The summed E-state index contributed by atoms with van der Waals surface area (Å²) >= 11 is 1.46. The third-order valence-corrected chi connectivity index (χ3v) is 5.69. The number of aryl methyl sites for hydroxylation is 1. The third-order valence-electron chi connectivity index (χ3n) is 4.81. The molecule has 0 saturated carbocycles. The number of furan rings is 1. The maximum absolute atomic E-state index is 12.7. The first kappa shape index (κ1) is 17.7. The Morgan fingerprint density at radius 3 is 2.70 bits per heavy atom. The van der Waals surface area contributed by atoms with Crippen LogP contribution in [0.15, 0.2) is 57.3 Å². The number of nitrogens with one attached hydrogen (secondary N) is 2. The van der Waals surface area contributed by atoms with Crippen LogP contribution in [0.5, 0.6) is 0 Å². The molecule has 0 bridgehead atoms. The molecule has 6 heteroatoms. The third kappa shape index (κ3) is 3.34. The number of H-pyrrole nitrogens is 1. The molecule has 0 amide bonds. The second-order valence-electron chi connectivity index (χ2n) is 6.72. The average molecular weight is 379 g/mol. The fraction of sp³-hybridized carbons (Fsp3) is 0.238. The molecule has 27 heavy (non-hydrogen) atoms. The van der Waals surface area contributed by atoms with Crippen LogP contribution < -0.4 is 10.9 Å².